The highest BCUT2D eigenvalue weighted by molar-refractivity contribution is 7.76. The van der Waals surface area contributed by atoms with Crippen molar-refractivity contribution in [3.05, 3.63) is 36.4 Å². The molecular formula is C14H6S4. The van der Waals surface area contributed by atoms with Crippen LogP contribution in [0, 0.1) is 0 Å². The second-order valence-electron chi connectivity index (χ2n) is 4.35. The second kappa shape index (κ2) is 3.33. The maximum Gasteiger partial charge on any atom is 0.0549 e. The molecule has 0 bridgehead atoms. The zero-order valence-electron chi connectivity index (χ0n) is 9.10. The van der Waals surface area contributed by atoms with Crippen molar-refractivity contribution < 1.29 is 0 Å². The third kappa shape index (κ3) is 1.06. The van der Waals surface area contributed by atoms with E-state index in [-0.39, 0.29) is 0 Å². The van der Waals surface area contributed by atoms with E-state index in [2.05, 4.69) is 36.4 Å². The average Bonchev–Trinajstić information content (AvgIpc) is 3.01. The van der Waals surface area contributed by atoms with Gasteiger partial charge in [0.05, 0.1) is 9.40 Å². The molecule has 0 aliphatic rings. The Bertz CT molecular complexity index is 937. The summed E-state index contributed by atoms with van der Waals surface area (Å²) in [5, 5.41) is 5.83. The fourth-order valence-electron chi connectivity index (χ4n) is 2.66. The van der Waals surface area contributed by atoms with Gasteiger partial charge in [0.2, 0.25) is 0 Å². The molecule has 0 radical (unpaired) electrons. The van der Waals surface area contributed by atoms with Crippen LogP contribution in [0.1, 0.15) is 0 Å². The van der Waals surface area contributed by atoms with Crippen LogP contribution in [0.3, 0.4) is 0 Å². The Hall–Kier alpha value is -0.940. The molecule has 0 saturated carbocycles. The lowest BCUT2D eigenvalue weighted by atomic mass is 10.0. The van der Waals surface area contributed by atoms with Crippen LogP contribution in [-0.4, -0.2) is 0 Å². The fraction of sp³-hybridized carbons (Fsp3) is 0. The lowest BCUT2D eigenvalue weighted by Gasteiger charge is -2.03. The summed E-state index contributed by atoms with van der Waals surface area (Å²) >= 11 is 0. The first-order valence-corrected chi connectivity index (χ1v) is 9.94. The molecule has 0 saturated heterocycles. The Labute approximate surface area is 117 Å². The van der Waals surface area contributed by atoms with Crippen LogP contribution in [0.25, 0.3) is 40.3 Å². The highest BCUT2D eigenvalue weighted by Gasteiger charge is 2.15. The molecule has 0 unspecified atom stereocenters. The van der Waals surface area contributed by atoms with Crippen molar-refractivity contribution >= 4 is 81.7 Å². The normalized spacial score (nSPS) is 12.4. The van der Waals surface area contributed by atoms with Crippen molar-refractivity contribution in [1.29, 1.82) is 0 Å². The highest BCUT2D eigenvalue weighted by Crippen LogP contribution is 2.48. The summed E-state index contributed by atoms with van der Waals surface area (Å²) in [6.45, 7) is 0. The summed E-state index contributed by atoms with van der Waals surface area (Å²) in [6.07, 6.45) is 0. The van der Waals surface area contributed by atoms with Gasteiger partial charge >= 0.3 is 0 Å². The van der Waals surface area contributed by atoms with Gasteiger partial charge in [-0.05, 0) is 12.1 Å². The number of hydrogen-bond donors (Lipinski definition) is 0. The minimum absolute atomic E-state index is 1.42. The van der Waals surface area contributed by atoms with E-state index in [9.17, 15) is 0 Å². The van der Waals surface area contributed by atoms with Gasteiger partial charge in [0.25, 0.3) is 0 Å². The quantitative estimate of drug-likeness (QED) is 0.225. The number of benzene rings is 3. The van der Waals surface area contributed by atoms with Crippen molar-refractivity contribution in [3.63, 3.8) is 0 Å². The van der Waals surface area contributed by atoms with E-state index < -0.39 is 0 Å². The maximum absolute atomic E-state index is 2.28. The predicted molar refractivity (Wildman–Crippen MR) is 88.0 cm³/mol. The molecule has 2 heterocycles. The Kier molecular flexibility index (Phi) is 1.84. The van der Waals surface area contributed by atoms with Gasteiger partial charge in [-0.2, -0.15) is 0 Å². The van der Waals surface area contributed by atoms with E-state index >= 15 is 0 Å². The average molecular weight is 302 g/mol. The van der Waals surface area contributed by atoms with E-state index in [1.54, 1.807) is 0 Å². The lowest BCUT2D eigenvalue weighted by Crippen LogP contribution is -1.76. The summed E-state index contributed by atoms with van der Waals surface area (Å²) in [7, 11) is 7.64. The molecule has 4 heteroatoms. The van der Waals surface area contributed by atoms with E-state index in [1.807, 2.05) is 41.4 Å². The van der Waals surface area contributed by atoms with E-state index in [1.165, 1.54) is 40.3 Å². The van der Waals surface area contributed by atoms with Gasteiger partial charge in [-0.1, -0.05) is 65.6 Å². The molecule has 86 valence electrons. The molecule has 2 aromatic heterocycles. The molecule has 0 atom stereocenters. The van der Waals surface area contributed by atoms with E-state index in [4.69, 9.17) is 0 Å². The van der Waals surface area contributed by atoms with E-state index in [0.717, 1.165) is 0 Å². The first-order valence-electron chi connectivity index (χ1n) is 5.64. The Balaban J connectivity index is 2.35. The van der Waals surface area contributed by atoms with Crippen molar-refractivity contribution in [2.75, 3.05) is 0 Å². The summed E-state index contributed by atoms with van der Waals surface area (Å²) in [5.41, 5.74) is 0. The highest BCUT2D eigenvalue weighted by atomic mass is 32.9. The first-order chi connectivity index (χ1) is 8.93. The van der Waals surface area contributed by atoms with Crippen LogP contribution < -0.4 is 0 Å². The monoisotopic (exact) mass is 302 g/mol. The van der Waals surface area contributed by atoms with Crippen molar-refractivity contribution in [2.24, 2.45) is 0 Å². The molecule has 0 aliphatic carbocycles. The number of hydrogen-bond acceptors (Lipinski definition) is 4. The lowest BCUT2D eigenvalue weighted by molar-refractivity contribution is 1.92. The standard InChI is InChI=1S/C14H6S4/c1-3-7-11-9(5-1)15-18-14(11)8-4-2-6-10-12(8)13(7)17-16-10/h1-6H. The zero-order valence-corrected chi connectivity index (χ0v) is 12.4. The fourth-order valence-corrected chi connectivity index (χ4v) is 8.03. The van der Waals surface area contributed by atoms with Gasteiger partial charge in [-0.15, -0.1) is 0 Å². The third-order valence-electron chi connectivity index (χ3n) is 3.43. The molecule has 3 aromatic carbocycles. The van der Waals surface area contributed by atoms with Crippen LogP contribution in [-0.2, 0) is 0 Å². The van der Waals surface area contributed by atoms with Crippen molar-refractivity contribution in [2.45, 2.75) is 0 Å². The maximum atomic E-state index is 2.28. The molecule has 0 spiro atoms. The molecule has 0 amide bonds. The summed E-state index contributed by atoms with van der Waals surface area (Å²) in [5.74, 6) is 0. The van der Waals surface area contributed by atoms with Crippen molar-refractivity contribution in [1.82, 2.24) is 0 Å². The Morgan fingerprint density at radius 3 is 1.56 bits per heavy atom. The van der Waals surface area contributed by atoms with E-state index in [0.29, 0.717) is 0 Å². The zero-order chi connectivity index (χ0) is 11.7. The first kappa shape index (κ1) is 9.92. The number of fused-ring (bicyclic) bond motifs is 2. The molecule has 18 heavy (non-hydrogen) atoms. The van der Waals surface area contributed by atoms with Gasteiger partial charge in [0.15, 0.2) is 0 Å². The Morgan fingerprint density at radius 2 is 1.06 bits per heavy atom. The molecule has 0 nitrogen and oxygen atoms in total. The van der Waals surface area contributed by atoms with Gasteiger partial charge in [0, 0.05) is 30.9 Å². The SMILES string of the molecule is c1cc2ssc3c4cccc5ssc(c(c1)c23)c54. The molecular weight excluding hydrogens is 296 g/mol. The van der Waals surface area contributed by atoms with Crippen LogP contribution in [0.5, 0.6) is 0 Å². The minimum atomic E-state index is 1.42. The topological polar surface area (TPSA) is 0 Å². The van der Waals surface area contributed by atoms with Crippen LogP contribution in [0.15, 0.2) is 36.4 Å². The smallest absolute Gasteiger partial charge is 0.0549 e. The van der Waals surface area contributed by atoms with Gasteiger partial charge in [-0.25, -0.2) is 0 Å². The second-order valence-corrected chi connectivity index (χ2v) is 8.71. The molecule has 0 fully saturated rings. The van der Waals surface area contributed by atoms with Crippen LogP contribution in [0.2, 0.25) is 0 Å². The molecule has 5 rings (SSSR count). The van der Waals surface area contributed by atoms with Crippen molar-refractivity contribution in [3.8, 4) is 0 Å². The van der Waals surface area contributed by atoms with Crippen LogP contribution >= 0.6 is 41.4 Å². The third-order valence-corrected chi connectivity index (χ3v) is 8.39. The van der Waals surface area contributed by atoms with Gasteiger partial charge in [-0.3, -0.25) is 0 Å². The van der Waals surface area contributed by atoms with Gasteiger partial charge < -0.3 is 0 Å². The van der Waals surface area contributed by atoms with Gasteiger partial charge in [0.1, 0.15) is 0 Å². The van der Waals surface area contributed by atoms with Crippen LogP contribution in [0.4, 0.5) is 0 Å². The number of rotatable bonds is 0. The largest absolute Gasteiger partial charge is 0.0794 e. The summed E-state index contributed by atoms with van der Waals surface area (Å²) < 4.78 is 5.78. The minimum Gasteiger partial charge on any atom is -0.0794 e. The molecule has 0 aliphatic heterocycles. The molecule has 5 aromatic rings. The summed E-state index contributed by atoms with van der Waals surface area (Å²) in [6, 6.07) is 13.4. The Morgan fingerprint density at radius 1 is 0.556 bits per heavy atom. The summed E-state index contributed by atoms with van der Waals surface area (Å²) in [4.78, 5) is 0. The molecule has 0 N–H and O–H groups in total. The predicted octanol–water partition coefficient (Wildman–Crippen LogP) is 6.55.